The van der Waals surface area contributed by atoms with Crippen molar-refractivity contribution in [3.63, 3.8) is 0 Å². The summed E-state index contributed by atoms with van der Waals surface area (Å²) < 4.78 is 0. The number of benzene rings is 1. The number of aliphatic hydroxyl groups excluding tert-OH is 1. The van der Waals surface area contributed by atoms with Gasteiger partial charge in [0, 0.05) is 23.0 Å². The lowest BCUT2D eigenvalue weighted by molar-refractivity contribution is 0.178. The van der Waals surface area contributed by atoms with E-state index >= 15 is 0 Å². The van der Waals surface area contributed by atoms with Gasteiger partial charge in [-0.2, -0.15) is 0 Å². The van der Waals surface area contributed by atoms with Gasteiger partial charge in [0.15, 0.2) is 0 Å². The molecule has 1 N–H and O–H groups in total. The summed E-state index contributed by atoms with van der Waals surface area (Å²) in [6, 6.07) is 7.53. The molecule has 0 fully saturated rings. The number of hydrogen-bond donors (Lipinski definition) is 1. The molecule has 0 saturated heterocycles. The zero-order chi connectivity index (χ0) is 10.7. The van der Waals surface area contributed by atoms with E-state index in [1.807, 2.05) is 29.6 Å². The average molecular weight is 240 g/mol. The van der Waals surface area contributed by atoms with Gasteiger partial charge in [-0.05, 0) is 11.6 Å². The third-order valence-corrected chi connectivity index (χ3v) is 3.35. The topological polar surface area (TPSA) is 33.1 Å². The summed E-state index contributed by atoms with van der Waals surface area (Å²) in [5.41, 5.74) is 0.946. The molecule has 0 amide bonds. The number of halogens is 1. The van der Waals surface area contributed by atoms with E-state index in [-0.39, 0.29) is 0 Å². The molecule has 0 aliphatic rings. The normalized spacial score (nSPS) is 12.7. The van der Waals surface area contributed by atoms with Gasteiger partial charge in [0.2, 0.25) is 0 Å². The quantitative estimate of drug-likeness (QED) is 0.893. The molecule has 15 heavy (non-hydrogen) atoms. The third-order valence-electron chi connectivity index (χ3n) is 2.11. The second-order valence-electron chi connectivity index (χ2n) is 3.18. The molecule has 0 bridgehead atoms. The Morgan fingerprint density at radius 3 is 2.87 bits per heavy atom. The van der Waals surface area contributed by atoms with Crippen LogP contribution < -0.4 is 0 Å². The first-order chi connectivity index (χ1) is 7.27. The number of rotatable bonds is 3. The highest BCUT2D eigenvalue weighted by molar-refractivity contribution is 7.09. The van der Waals surface area contributed by atoms with Crippen LogP contribution in [0.1, 0.15) is 16.7 Å². The molecule has 0 spiro atoms. The van der Waals surface area contributed by atoms with Crippen LogP contribution in [0, 0.1) is 0 Å². The van der Waals surface area contributed by atoms with E-state index in [1.165, 1.54) is 11.3 Å². The highest BCUT2D eigenvalue weighted by Gasteiger charge is 2.12. The fourth-order valence-corrected chi connectivity index (χ4v) is 2.19. The second-order valence-corrected chi connectivity index (χ2v) is 4.52. The first-order valence-corrected chi connectivity index (χ1v) is 5.84. The van der Waals surface area contributed by atoms with Gasteiger partial charge in [-0.25, -0.2) is 4.98 Å². The van der Waals surface area contributed by atoms with E-state index in [1.54, 1.807) is 6.20 Å². The molecule has 1 atom stereocenters. The van der Waals surface area contributed by atoms with Crippen LogP contribution in [0.3, 0.4) is 0 Å². The van der Waals surface area contributed by atoms with Gasteiger partial charge in [-0.15, -0.1) is 11.3 Å². The Kier molecular flexibility index (Phi) is 3.36. The van der Waals surface area contributed by atoms with E-state index in [2.05, 4.69) is 4.98 Å². The summed E-state index contributed by atoms with van der Waals surface area (Å²) in [6.45, 7) is 0. The van der Waals surface area contributed by atoms with Crippen molar-refractivity contribution in [2.45, 2.75) is 12.5 Å². The molecular weight excluding hydrogens is 230 g/mol. The summed E-state index contributed by atoms with van der Waals surface area (Å²) in [7, 11) is 0. The fraction of sp³-hybridized carbons (Fsp3) is 0.182. The Morgan fingerprint density at radius 1 is 1.40 bits per heavy atom. The zero-order valence-electron chi connectivity index (χ0n) is 7.93. The molecule has 0 radical (unpaired) electrons. The summed E-state index contributed by atoms with van der Waals surface area (Å²) in [5.74, 6) is 0. The first-order valence-electron chi connectivity index (χ1n) is 4.58. The van der Waals surface area contributed by atoms with Crippen molar-refractivity contribution in [1.29, 1.82) is 0 Å². The summed E-state index contributed by atoms with van der Waals surface area (Å²) in [4.78, 5) is 4.07. The van der Waals surface area contributed by atoms with Gasteiger partial charge in [-0.1, -0.05) is 29.8 Å². The van der Waals surface area contributed by atoms with Gasteiger partial charge in [0.1, 0.15) is 11.1 Å². The third kappa shape index (κ3) is 2.56. The van der Waals surface area contributed by atoms with Crippen molar-refractivity contribution >= 4 is 22.9 Å². The van der Waals surface area contributed by atoms with Crippen molar-refractivity contribution < 1.29 is 5.11 Å². The molecule has 1 unspecified atom stereocenters. The predicted octanol–water partition coefficient (Wildman–Crippen LogP) is 3.07. The number of aliphatic hydroxyl groups is 1. The maximum Gasteiger partial charge on any atom is 0.121 e. The Bertz CT molecular complexity index is 430. The molecule has 1 aromatic heterocycles. The maximum absolute atomic E-state index is 9.88. The summed E-state index contributed by atoms with van der Waals surface area (Å²) in [5, 5.41) is 13.1. The number of thiazole rings is 1. The van der Waals surface area contributed by atoms with E-state index in [0.29, 0.717) is 11.4 Å². The minimum atomic E-state index is -0.565. The molecule has 1 aromatic carbocycles. The smallest absolute Gasteiger partial charge is 0.121 e. The van der Waals surface area contributed by atoms with Crippen molar-refractivity contribution in [3.8, 4) is 0 Å². The average Bonchev–Trinajstić information content (AvgIpc) is 2.74. The van der Waals surface area contributed by atoms with E-state index in [9.17, 15) is 5.11 Å². The van der Waals surface area contributed by atoms with E-state index in [0.717, 1.165) is 10.6 Å². The Hall–Kier alpha value is -0.900. The van der Waals surface area contributed by atoms with E-state index in [4.69, 9.17) is 11.6 Å². The molecule has 2 aromatic rings. The van der Waals surface area contributed by atoms with Crippen LogP contribution in [-0.4, -0.2) is 10.1 Å². The number of nitrogens with zero attached hydrogens (tertiary/aromatic N) is 1. The van der Waals surface area contributed by atoms with Crippen LogP contribution in [0.4, 0.5) is 0 Å². The molecule has 0 aliphatic heterocycles. The van der Waals surface area contributed by atoms with Crippen molar-refractivity contribution in [2.75, 3.05) is 0 Å². The van der Waals surface area contributed by atoms with Gasteiger partial charge in [0.05, 0.1) is 0 Å². The van der Waals surface area contributed by atoms with Gasteiger partial charge in [0.25, 0.3) is 0 Å². The molecule has 4 heteroatoms. The Morgan fingerprint density at radius 2 is 2.20 bits per heavy atom. The zero-order valence-corrected chi connectivity index (χ0v) is 9.50. The standard InChI is InChI=1S/C11H10ClNOS/c12-9-4-2-1-3-8(9)7-10(14)11-13-5-6-15-11/h1-6,10,14H,7H2. The van der Waals surface area contributed by atoms with Crippen molar-refractivity contribution in [3.05, 3.63) is 51.4 Å². The van der Waals surface area contributed by atoms with Crippen molar-refractivity contribution in [2.24, 2.45) is 0 Å². The lowest BCUT2D eigenvalue weighted by atomic mass is 10.1. The predicted molar refractivity (Wildman–Crippen MR) is 62.2 cm³/mol. The fourth-order valence-electron chi connectivity index (χ4n) is 1.36. The molecule has 2 rings (SSSR count). The minimum Gasteiger partial charge on any atom is -0.386 e. The molecule has 78 valence electrons. The lowest BCUT2D eigenvalue weighted by Gasteiger charge is -2.08. The lowest BCUT2D eigenvalue weighted by Crippen LogP contribution is -2.01. The monoisotopic (exact) mass is 239 g/mol. The largest absolute Gasteiger partial charge is 0.386 e. The van der Waals surface area contributed by atoms with Crippen molar-refractivity contribution in [1.82, 2.24) is 4.98 Å². The molecule has 0 aliphatic carbocycles. The molecular formula is C11H10ClNOS. The van der Waals surface area contributed by atoms with Crippen LogP contribution in [0.15, 0.2) is 35.8 Å². The van der Waals surface area contributed by atoms with Crippen LogP contribution in [0.5, 0.6) is 0 Å². The summed E-state index contributed by atoms with van der Waals surface area (Å²) >= 11 is 7.45. The van der Waals surface area contributed by atoms with E-state index < -0.39 is 6.10 Å². The van der Waals surface area contributed by atoms with Crippen LogP contribution >= 0.6 is 22.9 Å². The van der Waals surface area contributed by atoms with Crippen LogP contribution in [-0.2, 0) is 6.42 Å². The van der Waals surface area contributed by atoms with Gasteiger partial charge >= 0.3 is 0 Å². The Labute approximate surface area is 97.2 Å². The highest BCUT2D eigenvalue weighted by atomic mass is 35.5. The Balaban J connectivity index is 2.13. The molecule has 0 saturated carbocycles. The van der Waals surface area contributed by atoms with Crippen LogP contribution in [0.25, 0.3) is 0 Å². The number of aromatic nitrogens is 1. The van der Waals surface area contributed by atoms with Gasteiger partial charge in [-0.3, -0.25) is 0 Å². The molecule has 1 heterocycles. The second kappa shape index (κ2) is 4.75. The summed E-state index contributed by atoms with van der Waals surface area (Å²) in [6.07, 6.45) is 1.63. The SMILES string of the molecule is OC(Cc1ccccc1Cl)c1nccs1. The number of hydrogen-bond acceptors (Lipinski definition) is 3. The molecule has 2 nitrogen and oxygen atoms in total. The highest BCUT2D eigenvalue weighted by Crippen LogP contribution is 2.24. The first kappa shape index (κ1) is 10.6. The van der Waals surface area contributed by atoms with Gasteiger partial charge < -0.3 is 5.11 Å². The maximum atomic E-state index is 9.88. The minimum absolute atomic E-state index is 0.507. The van der Waals surface area contributed by atoms with Crippen LogP contribution in [0.2, 0.25) is 5.02 Å².